The zero-order valence-electron chi connectivity index (χ0n) is 14.4. The first-order chi connectivity index (χ1) is 12.0. The van der Waals surface area contributed by atoms with Crippen molar-refractivity contribution >= 4 is 11.9 Å². The Morgan fingerprint density at radius 2 is 1.80 bits per heavy atom. The van der Waals surface area contributed by atoms with Crippen molar-refractivity contribution in [2.45, 2.75) is 43.7 Å². The van der Waals surface area contributed by atoms with Crippen molar-refractivity contribution < 1.29 is 24.2 Å². The van der Waals surface area contributed by atoms with Crippen LogP contribution in [0.2, 0.25) is 0 Å². The number of carbonyl (C=O) groups excluding carboxylic acids is 2. The van der Waals surface area contributed by atoms with Crippen LogP contribution in [0.1, 0.15) is 32.1 Å². The Hall–Kier alpha value is -2.28. The molecule has 1 saturated carbocycles. The van der Waals surface area contributed by atoms with E-state index in [1.54, 1.807) is 31.4 Å². The average Bonchev–Trinajstić information content (AvgIpc) is 2.85. The Labute approximate surface area is 146 Å². The standard InChI is InChI=1S/C18H24N2O5/c1-24-14-5-7-15(8-6-14)25-12-13(21)11-20-16(22)18(19-17(20)23)9-3-2-4-10-18/h5-8,13,21H,2-4,9-12H2,1H3,(H,19,23). The molecule has 136 valence electrons. The summed E-state index contributed by atoms with van der Waals surface area (Å²) in [4.78, 5) is 25.9. The van der Waals surface area contributed by atoms with Crippen LogP contribution in [0.4, 0.5) is 4.79 Å². The van der Waals surface area contributed by atoms with E-state index < -0.39 is 17.7 Å². The highest BCUT2D eigenvalue weighted by Crippen LogP contribution is 2.33. The number of aliphatic hydroxyl groups is 1. The minimum absolute atomic E-state index is 0.00358. The molecule has 1 saturated heterocycles. The van der Waals surface area contributed by atoms with Crippen molar-refractivity contribution in [2.24, 2.45) is 0 Å². The van der Waals surface area contributed by atoms with Gasteiger partial charge in [-0.3, -0.25) is 9.69 Å². The van der Waals surface area contributed by atoms with E-state index in [0.29, 0.717) is 24.3 Å². The molecule has 3 rings (SSSR count). The molecular weight excluding hydrogens is 324 g/mol. The van der Waals surface area contributed by atoms with Crippen LogP contribution in [-0.2, 0) is 4.79 Å². The van der Waals surface area contributed by atoms with Crippen LogP contribution in [-0.4, -0.2) is 53.8 Å². The second-order valence-electron chi connectivity index (χ2n) is 6.63. The minimum atomic E-state index is -0.949. The van der Waals surface area contributed by atoms with E-state index in [1.165, 1.54) is 0 Å². The van der Waals surface area contributed by atoms with Crippen LogP contribution in [0.15, 0.2) is 24.3 Å². The molecule has 0 radical (unpaired) electrons. The molecule has 3 amide bonds. The predicted octanol–water partition coefficient (Wildman–Crippen LogP) is 1.69. The fraction of sp³-hybridized carbons (Fsp3) is 0.556. The lowest BCUT2D eigenvalue weighted by molar-refractivity contribution is -0.133. The highest BCUT2D eigenvalue weighted by Gasteiger charge is 2.51. The Balaban J connectivity index is 1.54. The molecule has 1 aromatic rings. The average molecular weight is 348 g/mol. The second-order valence-corrected chi connectivity index (χ2v) is 6.63. The van der Waals surface area contributed by atoms with E-state index in [9.17, 15) is 14.7 Å². The number of carbonyl (C=O) groups is 2. The molecule has 0 bridgehead atoms. The lowest BCUT2D eigenvalue weighted by Crippen LogP contribution is -2.48. The molecule has 1 unspecified atom stereocenters. The second kappa shape index (κ2) is 7.31. The molecule has 25 heavy (non-hydrogen) atoms. The van der Waals surface area contributed by atoms with Gasteiger partial charge in [0.05, 0.1) is 13.7 Å². The number of nitrogens with one attached hydrogen (secondary N) is 1. The fourth-order valence-electron chi connectivity index (χ4n) is 3.46. The van der Waals surface area contributed by atoms with Gasteiger partial charge in [0.15, 0.2) is 0 Å². The number of urea groups is 1. The molecule has 2 N–H and O–H groups in total. The van der Waals surface area contributed by atoms with Crippen molar-refractivity contribution in [1.29, 1.82) is 0 Å². The van der Waals surface area contributed by atoms with Crippen molar-refractivity contribution in [3.8, 4) is 11.5 Å². The molecule has 1 aliphatic heterocycles. The largest absolute Gasteiger partial charge is 0.497 e. The van der Waals surface area contributed by atoms with Gasteiger partial charge in [0, 0.05) is 0 Å². The van der Waals surface area contributed by atoms with Gasteiger partial charge < -0.3 is 19.9 Å². The predicted molar refractivity (Wildman–Crippen MR) is 90.6 cm³/mol. The van der Waals surface area contributed by atoms with Crippen LogP contribution >= 0.6 is 0 Å². The summed E-state index contributed by atoms with van der Waals surface area (Å²) < 4.78 is 10.6. The van der Waals surface area contributed by atoms with E-state index in [4.69, 9.17) is 9.47 Å². The Morgan fingerprint density at radius 3 is 2.44 bits per heavy atom. The van der Waals surface area contributed by atoms with E-state index in [2.05, 4.69) is 5.32 Å². The number of rotatable bonds is 6. The van der Waals surface area contributed by atoms with E-state index in [0.717, 1.165) is 24.2 Å². The van der Waals surface area contributed by atoms with Gasteiger partial charge in [-0.15, -0.1) is 0 Å². The van der Waals surface area contributed by atoms with Gasteiger partial charge in [-0.1, -0.05) is 19.3 Å². The van der Waals surface area contributed by atoms with Crippen LogP contribution in [0.3, 0.4) is 0 Å². The van der Waals surface area contributed by atoms with Crippen molar-refractivity contribution in [3.05, 3.63) is 24.3 Å². The summed E-state index contributed by atoms with van der Waals surface area (Å²) in [5.41, 5.74) is -0.758. The molecule has 7 heteroatoms. The molecule has 2 fully saturated rings. The van der Waals surface area contributed by atoms with E-state index in [-0.39, 0.29) is 19.1 Å². The molecule has 1 aromatic carbocycles. The van der Waals surface area contributed by atoms with Gasteiger partial charge in [0.1, 0.15) is 29.7 Å². The lowest BCUT2D eigenvalue weighted by Gasteiger charge is -2.30. The number of amides is 3. The molecule has 1 aliphatic carbocycles. The molecule has 1 atom stereocenters. The van der Waals surface area contributed by atoms with Crippen LogP contribution in [0.25, 0.3) is 0 Å². The monoisotopic (exact) mass is 348 g/mol. The number of β-amino-alcohol motifs (C(OH)–C–C–N with tert-alkyl or cyclic N) is 1. The molecular formula is C18H24N2O5. The van der Waals surface area contributed by atoms with E-state index in [1.807, 2.05) is 0 Å². The number of hydrogen-bond acceptors (Lipinski definition) is 5. The maximum Gasteiger partial charge on any atom is 0.325 e. The van der Waals surface area contributed by atoms with Crippen molar-refractivity contribution in [2.75, 3.05) is 20.3 Å². The first kappa shape index (κ1) is 17.5. The summed E-state index contributed by atoms with van der Waals surface area (Å²) in [6.07, 6.45) is 3.35. The Kier molecular flexibility index (Phi) is 5.13. The highest BCUT2D eigenvalue weighted by atomic mass is 16.5. The molecule has 7 nitrogen and oxygen atoms in total. The number of aliphatic hydroxyl groups excluding tert-OH is 1. The summed E-state index contributed by atoms with van der Waals surface area (Å²) in [6.45, 7) is -0.0705. The summed E-state index contributed by atoms with van der Waals surface area (Å²) in [7, 11) is 1.58. The van der Waals surface area contributed by atoms with Crippen LogP contribution < -0.4 is 14.8 Å². The zero-order valence-corrected chi connectivity index (χ0v) is 14.4. The van der Waals surface area contributed by atoms with Gasteiger partial charge in [-0.2, -0.15) is 0 Å². The molecule has 0 aromatic heterocycles. The molecule has 1 spiro atoms. The highest BCUT2D eigenvalue weighted by molar-refractivity contribution is 6.07. The van der Waals surface area contributed by atoms with E-state index >= 15 is 0 Å². The quantitative estimate of drug-likeness (QED) is 0.764. The first-order valence-electron chi connectivity index (χ1n) is 8.63. The maximum atomic E-state index is 12.6. The van der Waals surface area contributed by atoms with Gasteiger partial charge in [0.25, 0.3) is 5.91 Å². The number of hydrogen-bond donors (Lipinski definition) is 2. The zero-order chi connectivity index (χ0) is 17.9. The Bertz CT molecular complexity index is 625. The SMILES string of the molecule is COc1ccc(OCC(O)CN2C(=O)NC3(CCCCC3)C2=O)cc1. The lowest BCUT2D eigenvalue weighted by atomic mass is 9.82. The van der Waals surface area contributed by atoms with Gasteiger partial charge in [-0.25, -0.2) is 4.79 Å². The topological polar surface area (TPSA) is 88.1 Å². The number of imide groups is 1. The summed E-state index contributed by atoms with van der Waals surface area (Å²) in [5, 5.41) is 13.0. The van der Waals surface area contributed by atoms with Gasteiger partial charge in [0.2, 0.25) is 0 Å². The normalized spacial score (nSPS) is 20.5. The van der Waals surface area contributed by atoms with Crippen molar-refractivity contribution in [1.82, 2.24) is 10.2 Å². The molecule has 2 aliphatic rings. The van der Waals surface area contributed by atoms with Gasteiger partial charge in [-0.05, 0) is 37.1 Å². The summed E-state index contributed by atoms with van der Waals surface area (Å²) in [6, 6.07) is 6.56. The third-order valence-electron chi connectivity index (χ3n) is 4.85. The summed E-state index contributed by atoms with van der Waals surface area (Å²) in [5.74, 6) is 1.08. The van der Waals surface area contributed by atoms with Crippen LogP contribution in [0, 0.1) is 0 Å². The first-order valence-corrected chi connectivity index (χ1v) is 8.63. The number of nitrogens with zero attached hydrogens (tertiary/aromatic N) is 1. The fourth-order valence-corrected chi connectivity index (χ4v) is 3.46. The number of ether oxygens (including phenoxy) is 2. The van der Waals surface area contributed by atoms with Gasteiger partial charge >= 0.3 is 6.03 Å². The molecule has 1 heterocycles. The smallest absolute Gasteiger partial charge is 0.325 e. The third-order valence-corrected chi connectivity index (χ3v) is 4.85. The number of methoxy groups -OCH3 is 1. The summed E-state index contributed by atoms with van der Waals surface area (Å²) >= 11 is 0. The maximum absolute atomic E-state index is 12.6. The minimum Gasteiger partial charge on any atom is -0.497 e. The Morgan fingerprint density at radius 1 is 1.16 bits per heavy atom. The number of benzene rings is 1. The van der Waals surface area contributed by atoms with Crippen molar-refractivity contribution in [3.63, 3.8) is 0 Å². The van der Waals surface area contributed by atoms with Crippen LogP contribution in [0.5, 0.6) is 11.5 Å². The third kappa shape index (κ3) is 3.71.